The Morgan fingerprint density at radius 1 is 1.00 bits per heavy atom. The summed E-state index contributed by atoms with van der Waals surface area (Å²) in [5, 5.41) is 8.42. The normalized spacial score (nSPS) is 10.5. The van der Waals surface area contributed by atoms with Crippen LogP contribution in [0, 0.1) is 0 Å². The third-order valence-electron chi connectivity index (χ3n) is 3.49. The van der Waals surface area contributed by atoms with E-state index in [1.54, 1.807) is 42.5 Å². The molecule has 0 fully saturated rings. The lowest BCUT2D eigenvalue weighted by atomic mass is 10.0. The predicted octanol–water partition coefficient (Wildman–Crippen LogP) is 2.23. The van der Waals surface area contributed by atoms with E-state index in [-0.39, 0.29) is 22.7 Å². The van der Waals surface area contributed by atoms with Crippen molar-refractivity contribution in [3.05, 3.63) is 65.4 Å². The number of benzene rings is 2. The first-order valence-electron chi connectivity index (χ1n) is 6.86. The van der Waals surface area contributed by atoms with Gasteiger partial charge >= 0.3 is 5.97 Å². The number of methoxy groups -OCH3 is 1. The molecule has 0 amide bonds. The number of rotatable bonds is 3. The van der Waals surface area contributed by atoms with Gasteiger partial charge in [0.15, 0.2) is 5.69 Å². The van der Waals surface area contributed by atoms with E-state index in [1.807, 2.05) is 6.07 Å². The van der Waals surface area contributed by atoms with Gasteiger partial charge in [-0.2, -0.15) is 0 Å². The Morgan fingerprint density at radius 3 is 2.43 bits per heavy atom. The summed E-state index contributed by atoms with van der Waals surface area (Å²) in [6, 6.07) is 13.6. The number of anilines is 1. The van der Waals surface area contributed by atoms with Crippen molar-refractivity contribution in [2.75, 3.05) is 12.8 Å². The molecule has 0 aliphatic heterocycles. The first-order chi connectivity index (χ1) is 11.1. The topological polar surface area (TPSA) is 95.2 Å². The molecule has 0 atom stereocenters. The van der Waals surface area contributed by atoms with Gasteiger partial charge in [0.1, 0.15) is 5.52 Å². The summed E-state index contributed by atoms with van der Waals surface area (Å²) in [6.07, 6.45) is 0. The van der Waals surface area contributed by atoms with Gasteiger partial charge in [0.2, 0.25) is 5.78 Å². The first kappa shape index (κ1) is 14.6. The van der Waals surface area contributed by atoms with E-state index >= 15 is 0 Å². The number of esters is 1. The summed E-state index contributed by atoms with van der Waals surface area (Å²) in [7, 11) is 1.28. The number of fused-ring (bicyclic) bond motifs is 1. The highest BCUT2D eigenvalue weighted by molar-refractivity contribution is 6.15. The van der Waals surface area contributed by atoms with Crippen LogP contribution in [-0.2, 0) is 4.74 Å². The first-order valence-corrected chi connectivity index (χ1v) is 6.86. The van der Waals surface area contributed by atoms with Gasteiger partial charge in [-0.15, -0.1) is 10.2 Å². The quantitative estimate of drug-likeness (QED) is 0.589. The van der Waals surface area contributed by atoms with Crippen molar-refractivity contribution in [1.29, 1.82) is 0 Å². The Morgan fingerprint density at radius 2 is 1.74 bits per heavy atom. The molecule has 0 bridgehead atoms. The van der Waals surface area contributed by atoms with Crippen LogP contribution in [0.2, 0.25) is 0 Å². The third-order valence-corrected chi connectivity index (χ3v) is 3.49. The summed E-state index contributed by atoms with van der Waals surface area (Å²) in [4.78, 5) is 24.3. The number of nitrogen functional groups attached to an aromatic ring is 1. The zero-order chi connectivity index (χ0) is 16.4. The molecule has 23 heavy (non-hydrogen) atoms. The molecule has 0 aliphatic carbocycles. The van der Waals surface area contributed by atoms with Gasteiger partial charge in [0.25, 0.3) is 0 Å². The number of hydrogen-bond acceptors (Lipinski definition) is 6. The molecule has 3 rings (SSSR count). The molecule has 0 unspecified atom stereocenters. The van der Waals surface area contributed by atoms with Crippen molar-refractivity contribution in [3.63, 3.8) is 0 Å². The second-order valence-corrected chi connectivity index (χ2v) is 4.85. The van der Waals surface area contributed by atoms with E-state index in [2.05, 4.69) is 10.2 Å². The maximum atomic E-state index is 12.5. The number of nitrogens with two attached hydrogens (primary N) is 1. The van der Waals surface area contributed by atoms with Crippen LogP contribution in [-0.4, -0.2) is 29.1 Å². The smallest absolute Gasteiger partial charge is 0.340 e. The summed E-state index contributed by atoms with van der Waals surface area (Å²) < 4.78 is 4.72. The molecule has 0 saturated carbocycles. The molecule has 6 nitrogen and oxygen atoms in total. The van der Waals surface area contributed by atoms with E-state index < -0.39 is 5.97 Å². The van der Waals surface area contributed by atoms with E-state index in [0.29, 0.717) is 16.5 Å². The largest absolute Gasteiger partial charge is 0.465 e. The summed E-state index contributed by atoms with van der Waals surface area (Å²) >= 11 is 0. The standard InChI is InChI=1S/C17H13N3O3/c1-23-17(22)12-9-5-8-11-13(18)15(20-19-14(11)12)16(21)10-6-3-2-4-7-10/h2-9H,1H3,(H2,18,19). The van der Waals surface area contributed by atoms with Gasteiger partial charge in [-0.25, -0.2) is 4.79 Å². The molecule has 1 heterocycles. The molecule has 0 spiro atoms. The Bertz CT molecular complexity index is 908. The number of ether oxygens (including phenoxy) is 1. The second-order valence-electron chi connectivity index (χ2n) is 4.85. The molecule has 0 radical (unpaired) electrons. The summed E-state index contributed by atoms with van der Waals surface area (Å²) in [5.41, 5.74) is 7.37. The average molecular weight is 307 g/mol. The fourth-order valence-corrected chi connectivity index (χ4v) is 2.32. The zero-order valence-corrected chi connectivity index (χ0v) is 12.3. The number of carbonyl (C=O) groups excluding carboxylic acids is 2. The van der Waals surface area contributed by atoms with Crippen molar-refractivity contribution < 1.29 is 14.3 Å². The minimum Gasteiger partial charge on any atom is -0.465 e. The zero-order valence-electron chi connectivity index (χ0n) is 12.3. The summed E-state index contributed by atoms with van der Waals surface area (Å²) in [6.45, 7) is 0. The van der Waals surface area contributed by atoms with Crippen molar-refractivity contribution >= 4 is 28.3 Å². The lowest BCUT2D eigenvalue weighted by Crippen LogP contribution is -2.11. The number of hydrogen-bond donors (Lipinski definition) is 1. The van der Waals surface area contributed by atoms with Crippen molar-refractivity contribution in [1.82, 2.24) is 10.2 Å². The van der Waals surface area contributed by atoms with Crippen LogP contribution in [0.25, 0.3) is 10.9 Å². The molecule has 3 aromatic rings. The van der Waals surface area contributed by atoms with Crippen LogP contribution >= 0.6 is 0 Å². The third kappa shape index (κ3) is 2.50. The SMILES string of the molecule is COC(=O)c1cccc2c(N)c(C(=O)c3ccccc3)nnc12. The lowest BCUT2D eigenvalue weighted by molar-refractivity contribution is 0.0602. The monoisotopic (exact) mass is 307 g/mol. The van der Waals surface area contributed by atoms with Crippen molar-refractivity contribution in [2.45, 2.75) is 0 Å². The van der Waals surface area contributed by atoms with Crippen LogP contribution in [0.1, 0.15) is 26.4 Å². The Balaban J connectivity index is 2.17. The molecule has 2 N–H and O–H groups in total. The van der Waals surface area contributed by atoms with Gasteiger partial charge in [-0.3, -0.25) is 4.79 Å². The lowest BCUT2D eigenvalue weighted by Gasteiger charge is -2.08. The van der Waals surface area contributed by atoms with Gasteiger partial charge < -0.3 is 10.5 Å². The van der Waals surface area contributed by atoms with Crippen molar-refractivity contribution in [3.8, 4) is 0 Å². The molecule has 1 aromatic heterocycles. The number of aromatic nitrogens is 2. The van der Waals surface area contributed by atoms with Gasteiger partial charge in [0, 0.05) is 10.9 Å². The van der Waals surface area contributed by atoms with E-state index in [1.165, 1.54) is 7.11 Å². The van der Waals surface area contributed by atoms with Crippen LogP contribution in [0.5, 0.6) is 0 Å². The van der Waals surface area contributed by atoms with Gasteiger partial charge in [-0.05, 0) is 6.07 Å². The summed E-state index contributed by atoms with van der Waals surface area (Å²) in [5.74, 6) is -0.854. The Labute approximate surface area is 131 Å². The molecule has 0 aliphatic rings. The van der Waals surface area contributed by atoms with Crippen LogP contribution in [0.4, 0.5) is 5.69 Å². The molecule has 0 saturated heterocycles. The number of ketones is 1. The fraction of sp³-hybridized carbons (Fsp3) is 0.0588. The van der Waals surface area contributed by atoms with Crippen LogP contribution in [0.15, 0.2) is 48.5 Å². The van der Waals surface area contributed by atoms with Gasteiger partial charge in [-0.1, -0.05) is 42.5 Å². The predicted molar refractivity (Wildman–Crippen MR) is 85.2 cm³/mol. The maximum Gasteiger partial charge on any atom is 0.340 e. The molecular formula is C17H13N3O3. The van der Waals surface area contributed by atoms with E-state index in [4.69, 9.17) is 10.5 Å². The minimum atomic E-state index is -0.536. The Hall–Kier alpha value is -3.28. The second kappa shape index (κ2) is 5.84. The van der Waals surface area contributed by atoms with Crippen molar-refractivity contribution in [2.24, 2.45) is 0 Å². The number of nitrogens with zero attached hydrogens (tertiary/aromatic N) is 2. The van der Waals surface area contributed by atoms with Gasteiger partial charge in [0.05, 0.1) is 18.4 Å². The highest BCUT2D eigenvalue weighted by atomic mass is 16.5. The highest BCUT2D eigenvalue weighted by Crippen LogP contribution is 2.25. The maximum absolute atomic E-state index is 12.5. The van der Waals surface area contributed by atoms with E-state index in [9.17, 15) is 9.59 Å². The van der Waals surface area contributed by atoms with Crippen LogP contribution in [0.3, 0.4) is 0 Å². The molecule has 6 heteroatoms. The minimum absolute atomic E-state index is 0.0608. The Kier molecular flexibility index (Phi) is 3.72. The molecule has 114 valence electrons. The van der Waals surface area contributed by atoms with E-state index in [0.717, 1.165) is 0 Å². The molecule has 2 aromatic carbocycles. The van der Waals surface area contributed by atoms with Crippen LogP contribution < -0.4 is 5.73 Å². The molecular weight excluding hydrogens is 294 g/mol. The highest BCUT2D eigenvalue weighted by Gasteiger charge is 2.20. The number of carbonyl (C=O) groups is 2. The average Bonchev–Trinajstić information content (AvgIpc) is 2.61. The fourth-order valence-electron chi connectivity index (χ4n) is 2.32.